The third-order valence-corrected chi connectivity index (χ3v) is 2.99. The minimum atomic E-state index is -3.72. The molecule has 2 rings (SSSR count). The molecule has 0 N–H and O–H groups in total. The van der Waals surface area contributed by atoms with Crippen molar-refractivity contribution in [1.82, 2.24) is 0 Å². The van der Waals surface area contributed by atoms with E-state index >= 15 is 0 Å². The Labute approximate surface area is 85.1 Å². The molecule has 0 aromatic heterocycles. The first-order valence-electron chi connectivity index (χ1n) is 3.64. The first kappa shape index (κ1) is 9.36. The molecule has 0 unspecified atom stereocenters. The molecule has 0 fully saturated rings. The lowest BCUT2D eigenvalue weighted by atomic mass is 10.3. The first-order chi connectivity index (χ1) is 6.57. The molecular formula is C8H5ClO4S. The fraction of sp³-hybridized carbons (Fsp3) is 0. The number of hydrogen-bond acceptors (Lipinski definition) is 4. The molecule has 0 amide bonds. The van der Waals surface area contributed by atoms with Crippen molar-refractivity contribution in [3.8, 4) is 11.5 Å². The van der Waals surface area contributed by atoms with Crippen molar-refractivity contribution in [2.75, 3.05) is 0 Å². The summed E-state index contributed by atoms with van der Waals surface area (Å²) in [6, 6.07) is 4.14. The van der Waals surface area contributed by atoms with Crippen molar-refractivity contribution >= 4 is 19.7 Å². The van der Waals surface area contributed by atoms with Gasteiger partial charge >= 0.3 is 0 Å². The van der Waals surface area contributed by atoms with Crippen molar-refractivity contribution in [1.29, 1.82) is 0 Å². The highest BCUT2D eigenvalue weighted by Gasteiger charge is 2.15. The van der Waals surface area contributed by atoms with Crippen LogP contribution in [-0.4, -0.2) is 8.42 Å². The maximum atomic E-state index is 11.0. The van der Waals surface area contributed by atoms with Gasteiger partial charge in [-0.3, -0.25) is 0 Å². The smallest absolute Gasteiger partial charge is 0.261 e. The van der Waals surface area contributed by atoms with E-state index in [1.165, 1.54) is 30.7 Å². The largest absolute Gasteiger partial charge is 0.458 e. The molecule has 1 aromatic carbocycles. The lowest BCUT2D eigenvalue weighted by Gasteiger charge is -2.12. The summed E-state index contributed by atoms with van der Waals surface area (Å²) in [6.07, 6.45) is 2.67. The quantitative estimate of drug-likeness (QED) is 0.694. The second kappa shape index (κ2) is 3.18. The Hall–Kier alpha value is -1.20. The Morgan fingerprint density at radius 3 is 2.36 bits per heavy atom. The van der Waals surface area contributed by atoms with Crippen molar-refractivity contribution in [2.24, 2.45) is 0 Å². The van der Waals surface area contributed by atoms with E-state index in [2.05, 4.69) is 0 Å². The summed E-state index contributed by atoms with van der Waals surface area (Å²) in [6.45, 7) is 0. The van der Waals surface area contributed by atoms with Crippen LogP contribution in [0, 0.1) is 0 Å². The van der Waals surface area contributed by atoms with E-state index in [1.807, 2.05) is 0 Å². The highest BCUT2D eigenvalue weighted by molar-refractivity contribution is 8.13. The van der Waals surface area contributed by atoms with Gasteiger partial charge in [-0.05, 0) is 12.1 Å². The van der Waals surface area contributed by atoms with Crippen LogP contribution in [0.15, 0.2) is 35.6 Å². The van der Waals surface area contributed by atoms with Crippen LogP contribution >= 0.6 is 10.7 Å². The molecule has 0 radical (unpaired) electrons. The monoisotopic (exact) mass is 232 g/mol. The zero-order valence-corrected chi connectivity index (χ0v) is 8.38. The number of fused-ring (bicyclic) bond motifs is 1. The molecule has 0 spiro atoms. The lowest BCUT2D eigenvalue weighted by Crippen LogP contribution is -1.98. The standard InChI is InChI=1S/C8H5ClO4S/c9-14(10,11)6-1-2-7-8(5-6)13-4-3-12-7/h1-5H. The van der Waals surface area contributed by atoms with Gasteiger partial charge in [-0.2, -0.15) is 0 Å². The minimum Gasteiger partial charge on any atom is -0.458 e. The zero-order valence-electron chi connectivity index (χ0n) is 6.81. The average Bonchev–Trinajstić information content (AvgIpc) is 2.16. The molecule has 74 valence electrons. The fourth-order valence-corrected chi connectivity index (χ4v) is 1.80. The van der Waals surface area contributed by atoms with Crippen LogP contribution in [0.3, 0.4) is 0 Å². The maximum absolute atomic E-state index is 11.0. The Kier molecular flexibility index (Phi) is 2.13. The van der Waals surface area contributed by atoms with Crippen LogP contribution in [0.25, 0.3) is 0 Å². The molecule has 0 saturated carbocycles. The molecule has 0 saturated heterocycles. The number of ether oxygens (including phenoxy) is 2. The van der Waals surface area contributed by atoms with E-state index in [1.54, 1.807) is 0 Å². The molecule has 1 aliphatic rings. The molecule has 14 heavy (non-hydrogen) atoms. The number of halogens is 1. The van der Waals surface area contributed by atoms with E-state index in [-0.39, 0.29) is 4.90 Å². The van der Waals surface area contributed by atoms with Gasteiger partial charge < -0.3 is 9.47 Å². The lowest BCUT2D eigenvalue weighted by molar-refractivity contribution is 0.360. The Balaban J connectivity index is 2.52. The normalized spacial score (nSPS) is 14.1. The van der Waals surface area contributed by atoms with Crippen molar-refractivity contribution in [3.05, 3.63) is 30.7 Å². The maximum Gasteiger partial charge on any atom is 0.261 e. The third kappa shape index (κ3) is 1.69. The molecular weight excluding hydrogens is 228 g/mol. The van der Waals surface area contributed by atoms with Crippen LogP contribution in [0.5, 0.6) is 11.5 Å². The Morgan fingerprint density at radius 2 is 1.71 bits per heavy atom. The van der Waals surface area contributed by atoms with Gasteiger partial charge in [0, 0.05) is 16.7 Å². The number of rotatable bonds is 1. The summed E-state index contributed by atoms with van der Waals surface area (Å²) in [7, 11) is 1.44. The van der Waals surface area contributed by atoms with E-state index in [4.69, 9.17) is 20.2 Å². The first-order valence-corrected chi connectivity index (χ1v) is 5.95. The second-order valence-electron chi connectivity index (χ2n) is 2.55. The van der Waals surface area contributed by atoms with Crippen LogP contribution in [0.2, 0.25) is 0 Å². The number of hydrogen-bond donors (Lipinski definition) is 0. The molecule has 0 atom stereocenters. The molecule has 6 heteroatoms. The van der Waals surface area contributed by atoms with Gasteiger partial charge in [0.05, 0.1) is 4.90 Å². The van der Waals surface area contributed by atoms with Crippen molar-refractivity contribution < 1.29 is 17.9 Å². The molecule has 4 nitrogen and oxygen atoms in total. The second-order valence-corrected chi connectivity index (χ2v) is 5.12. The molecule has 0 bridgehead atoms. The van der Waals surface area contributed by atoms with Crippen molar-refractivity contribution in [2.45, 2.75) is 4.90 Å². The van der Waals surface area contributed by atoms with E-state index < -0.39 is 9.05 Å². The summed E-state index contributed by atoms with van der Waals surface area (Å²) in [5, 5.41) is 0. The Bertz CT molecular complexity index is 492. The van der Waals surface area contributed by atoms with Crippen LogP contribution in [0.4, 0.5) is 0 Å². The predicted molar refractivity (Wildman–Crippen MR) is 49.9 cm³/mol. The van der Waals surface area contributed by atoms with Gasteiger partial charge in [-0.25, -0.2) is 8.42 Å². The van der Waals surface area contributed by atoms with Crippen LogP contribution < -0.4 is 9.47 Å². The molecule has 1 aliphatic heterocycles. The highest BCUT2D eigenvalue weighted by atomic mass is 35.7. The third-order valence-electron chi connectivity index (χ3n) is 1.64. The summed E-state index contributed by atoms with van der Waals surface area (Å²) in [4.78, 5) is -0.0168. The zero-order chi connectivity index (χ0) is 10.2. The fourth-order valence-electron chi connectivity index (χ4n) is 1.03. The van der Waals surface area contributed by atoms with Gasteiger partial charge in [-0.1, -0.05) is 0 Å². The van der Waals surface area contributed by atoms with Crippen molar-refractivity contribution in [3.63, 3.8) is 0 Å². The highest BCUT2D eigenvalue weighted by Crippen LogP contribution is 2.33. The van der Waals surface area contributed by atoms with Crippen LogP contribution in [-0.2, 0) is 9.05 Å². The van der Waals surface area contributed by atoms with Gasteiger partial charge in [0.1, 0.15) is 12.5 Å². The summed E-state index contributed by atoms with van der Waals surface area (Å²) >= 11 is 0. The summed E-state index contributed by atoms with van der Waals surface area (Å²) < 4.78 is 32.0. The molecule has 0 aliphatic carbocycles. The van der Waals surface area contributed by atoms with E-state index in [0.717, 1.165) is 0 Å². The number of benzene rings is 1. The van der Waals surface area contributed by atoms with Gasteiger partial charge in [0.2, 0.25) is 0 Å². The topological polar surface area (TPSA) is 52.6 Å². The Morgan fingerprint density at radius 1 is 1.07 bits per heavy atom. The average molecular weight is 233 g/mol. The molecule has 1 aromatic rings. The SMILES string of the molecule is O=S(=O)(Cl)c1ccc2c(c1)OC=CO2. The van der Waals surface area contributed by atoms with Gasteiger partial charge in [-0.15, -0.1) is 0 Å². The van der Waals surface area contributed by atoms with Gasteiger partial charge in [0.15, 0.2) is 11.5 Å². The summed E-state index contributed by atoms with van der Waals surface area (Å²) in [5.41, 5.74) is 0. The van der Waals surface area contributed by atoms with E-state index in [9.17, 15) is 8.42 Å². The summed E-state index contributed by atoms with van der Waals surface area (Å²) in [5.74, 6) is 0.783. The molecule has 1 heterocycles. The van der Waals surface area contributed by atoms with E-state index in [0.29, 0.717) is 11.5 Å². The van der Waals surface area contributed by atoms with Crippen LogP contribution in [0.1, 0.15) is 0 Å². The minimum absolute atomic E-state index is 0.0168. The predicted octanol–water partition coefficient (Wildman–Crippen LogP) is 1.86. The van der Waals surface area contributed by atoms with Gasteiger partial charge in [0.25, 0.3) is 9.05 Å².